The predicted octanol–water partition coefficient (Wildman–Crippen LogP) is 0.290. The van der Waals surface area contributed by atoms with E-state index < -0.39 is 27.8 Å². The van der Waals surface area contributed by atoms with Crippen molar-refractivity contribution in [1.29, 1.82) is 5.41 Å². The molecule has 0 aliphatic carbocycles. The first-order chi connectivity index (χ1) is 9.32. The summed E-state index contributed by atoms with van der Waals surface area (Å²) in [4.78, 5) is -0.347. The molecule has 1 atom stereocenters. The van der Waals surface area contributed by atoms with Crippen molar-refractivity contribution in [1.82, 2.24) is 4.31 Å². The van der Waals surface area contributed by atoms with Gasteiger partial charge in [0.2, 0.25) is 10.0 Å². The molecule has 1 aromatic rings. The maximum Gasteiger partial charge on any atom is 0.243 e. The molecular formula is C11H13F2N3O3S. The van der Waals surface area contributed by atoms with Crippen molar-refractivity contribution in [2.75, 3.05) is 19.7 Å². The summed E-state index contributed by atoms with van der Waals surface area (Å²) in [5.74, 6) is -2.63. The van der Waals surface area contributed by atoms with E-state index in [4.69, 9.17) is 15.9 Å². The van der Waals surface area contributed by atoms with Gasteiger partial charge in [-0.1, -0.05) is 0 Å². The topological polar surface area (TPSA) is 96.5 Å². The zero-order valence-electron chi connectivity index (χ0n) is 10.3. The summed E-state index contributed by atoms with van der Waals surface area (Å²) in [7, 11) is -3.97. The summed E-state index contributed by atoms with van der Waals surface area (Å²) >= 11 is 0. The quantitative estimate of drug-likeness (QED) is 0.619. The van der Waals surface area contributed by atoms with E-state index in [0.717, 1.165) is 16.4 Å². The zero-order chi connectivity index (χ0) is 14.9. The van der Waals surface area contributed by atoms with Gasteiger partial charge in [0.1, 0.15) is 11.9 Å². The predicted molar refractivity (Wildman–Crippen MR) is 66.8 cm³/mol. The van der Waals surface area contributed by atoms with E-state index in [1.54, 1.807) is 0 Å². The molecule has 0 spiro atoms. The number of nitrogens with one attached hydrogen (secondary N) is 1. The van der Waals surface area contributed by atoms with Crippen molar-refractivity contribution in [3.8, 4) is 0 Å². The van der Waals surface area contributed by atoms with Crippen molar-refractivity contribution >= 4 is 15.9 Å². The lowest BCUT2D eigenvalue weighted by atomic mass is 10.3. The standard InChI is InChI=1S/C11H13F2N3O3S/c12-8-2-1-7(5-9(8)13)20(17,18)16-3-4-19-10(6-16)11(14)15/h1-2,5,10H,3-4,6H2,(H3,14,15). The zero-order valence-corrected chi connectivity index (χ0v) is 11.2. The molecule has 1 unspecified atom stereocenters. The van der Waals surface area contributed by atoms with Crippen LogP contribution >= 0.6 is 0 Å². The minimum Gasteiger partial charge on any atom is -0.385 e. The van der Waals surface area contributed by atoms with E-state index in [1.807, 2.05) is 0 Å². The molecule has 1 aromatic carbocycles. The van der Waals surface area contributed by atoms with Crippen molar-refractivity contribution in [2.45, 2.75) is 11.0 Å². The minimum absolute atomic E-state index is 0.0606. The van der Waals surface area contributed by atoms with Crippen LogP contribution in [0, 0.1) is 17.0 Å². The number of hydrogen-bond donors (Lipinski definition) is 2. The fourth-order valence-electron chi connectivity index (χ4n) is 1.82. The first kappa shape index (κ1) is 14.8. The summed E-state index contributed by atoms with van der Waals surface area (Å²) in [6.45, 7) is 0.00885. The van der Waals surface area contributed by atoms with Crippen molar-refractivity contribution in [3.05, 3.63) is 29.8 Å². The highest BCUT2D eigenvalue weighted by Crippen LogP contribution is 2.20. The normalized spacial score (nSPS) is 20.8. The Bertz CT molecular complexity index is 636. The van der Waals surface area contributed by atoms with Crippen LogP contribution < -0.4 is 5.73 Å². The van der Waals surface area contributed by atoms with Crippen molar-refractivity contribution < 1.29 is 21.9 Å². The lowest BCUT2D eigenvalue weighted by molar-refractivity contribution is 0.0368. The van der Waals surface area contributed by atoms with Crippen LogP contribution in [0.4, 0.5) is 8.78 Å². The van der Waals surface area contributed by atoms with E-state index in [9.17, 15) is 17.2 Å². The van der Waals surface area contributed by atoms with Gasteiger partial charge in [-0.3, -0.25) is 5.41 Å². The van der Waals surface area contributed by atoms with Crippen molar-refractivity contribution in [3.63, 3.8) is 0 Å². The molecule has 3 N–H and O–H groups in total. The molecule has 6 nitrogen and oxygen atoms in total. The average Bonchev–Trinajstić information content (AvgIpc) is 2.42. The van der Waals surface area contributed by atoms with Gasteiger partial charge in [0.05, 0.1) is 11.5 Å². The highest BCUT2D eigenvalue weighted by molar-refractivity contribution is 7.89. The van der Waals surface area contributed by atoms with Gasteiger partial charge < -0.3 is 10.5 Å². The number of amidine groups is 1. The number of benzene rings is 1. The summed E-state index contributed by atoms with van der Waals surface area (Å²) in [6, 6.07) is 2.38. The Balaban J connectivity index is 2.29. The molecular weight excluding hydrogens is 292 g/mol. The fraction of sp³-hybridized carbons (Fsp3) is 0.364. The van der Waals surface area contributed by atoms with Crippen LogP contribution in [0.25, 0.3) is 0 Å². The summed E-state index contributed by atoms with van der Waals surface area (Å²) in [5.41, 5.74) is 5.28. The Morgan fingerprint density at radius 2 is 2.10 bits per heavy atom. The van der Waals surface area contributed by atoms with Gasteiger partial charge in [0, 0.05) is 13.1 Å². The summed E-state index contributed by atoms with van der Waals surface area (Å²) in [5, 5.41) is 7.27. The molecule has 1 saturated heterocycles. The highest BCUT2D eigenvalue weighted by atomic mass is 32.2. The van der Waals surface area contributed by atoms with E-state index >= 15 is 0 Å². The summed E-state index contributed by atoms with van der Waals surface area (Å²) < 4.78 is 56.8. The Labute approximate surface area is 114 Å². The van der Waals surface area contributed by atoms with E-state index in [2.05, 4.69) is 0 Å². The number of hydrogen-bond acceptors (Lipinski definition) is 4. The van der Waals surface area contributed by atoms with Gasteiger partial charge in [-0.15, -0.1) is 0 Å². The molecule has 0 bridgehead atoms. The molecule has 0 radical (unpaired) electrons. The molecule has 1 aliphatic heterocycles. The number of ether oxygens (including phenoxy) is 1. The third kappa shape index (κ3) is 2.79. The molecule has 0 aromatic heterocycles. The smallest absolute Gasteiger partial charge is 0.243 e. The van der Waals surface area contributed by atoms with Crippen LogP contribution in [0.5, 0.6) is 0 Å². The van der Waals surface area contributed by atoms with Gasteiger partial charge in [-0.25, -0.2) is 17.2 Å². The molecule has 1 heterocycles. The second-order valence-electron chi connectivity index (χ2n) is 4.25. The third-order valence-electron chi connectivity index (χ3n) is 2.90. The summed E-state index contributed by atoms with van der Waals surface area (Å²) in [6.07, 6.45) is -0.830. The largest absolute Gasteiger partial charge is 0.385 e. The van der Waals surface area contributed by atoms with Gasteiger partial charge in [-0.2, -0.15) is 4.31 Å². The van der Waals surface area contributed by atoms with E-state index in [-0.39, 0.29) is 30.4 Å². The maximum absolute atomic E-state index is 13.1. The molecule has 9 heteroatoms. The Hall–Kier alpha value is -1.58. The van der Waals surface area contributed by atoms with Gasteiger partial charge in [0.15, 0.2) is 11.6 Å². The second-order valence-corrected chi connectivity index (χ2v) is 6.19. The molecule has 20 heavy (non-hydrogen) atoms. The first-order valence-electron chi connectivity index (χ1n) is 5.73. The maximum atomic E-state index is 13.1. The van der Waals surface area contributed by atoms with Crippen LogP contribution in [0.2, 0.25) is 0 Å². The van der Waals surface area contributed by atoms with Gasteiger partial charge in [0.25, 0.3) is 0 Å². The lowest BCUT2D eigenvalue weighted by Crippen LogP contribution is -2.50. The molecule has 0 amide bonds. The van der Waals surface area contributed by atoms with Gasteiger partial charge >= 0.3 is 0 Å². The van der Waals surface area contributed by atoms with E-state index in [1.165, 1.54) is 0 Å². The van der Waals surface area contributed by atoms with Crippen LogP contribution in [0.3, 0.4) is 0 Å². The Morgan fingerprint density at radius 1 is 1.40 bits per heavy atom. The monoisotopic (exact) mass is 305 g/mol. The van der Waals surface area contributed by atoms with Crippen LogP contribution in [0.1, 0.15) is 0 Å². The molecule has 1 aliphatic rings. The second kappa shape index (κ2) is 5.43. The van der Waals surface area contributed by atoms with Crippen molar-refractivity contribution in [2.24, 2.45) is 5.73 Å². The minimum atomic E-state index is -3.97. The SMILES string of the molecule is N=C(N)C1CN(S(=O)(=O)c2ccc(F)c(F)c2)CCO1. The number of halogens is 2. The molecule has 0 saturated carbocycles. The van der Waals surface area contributed by atoms with Gasteiger partial charge in [-0.05, 0) is 18.2 Å². The van der Waals surface area contributed by atoms with Crippen LogP contribution in [0.15, 0.2) is 23.1 Å². The molecule has 110 valence electrons. The van der Waals surface area contributed by atoms with Crippen LogP contribution in [-0.2, 0) is 14.8 Å². The lowest BCUT2D eigenvalue weighted by Gasteiger charge is -2.31. The number of nitrogens with zero attached hydrogens (tertiary/aromatic N) is 1. The molecule has 1 fully saturated rings. The Kier molecular flexibility index (Phi) is 4.02. The fourth-order valence-corrected chi connectivity index (χ4v) is 3.26. The molecule has 2 rings (SSSR count). The number of sulfonamides is 1. The first-order valence-corrected chi connectivity index (χ1v) is 7.17. The average molecular weight is 305 g/mol. The number of nitrogens with two attached hydrogens (primary N) is 1. The third-order valence-corrected chi connectivity index (χ3v) is 4.77. The number of morpholine rings is 1. The number of rotatable bonds is 3. The van der Waals surface area contributed by atoms with Crippen LogP contribution in [-0.4, -0.2) is 44.4 Å². The Morgan fingerprint density at radius 3 is 2.70 bits per heavy atom. The highest BCUT2D eigenvalue weighted by Gasteiger charge is 2.32. The van der Waals surface area contributed by atoms with E-state index in [0.29, 0.717) is 6.07 Å².